The van der Waals surface area contributed by atoms with Crippen LogP contribution in [0.1, 0.15) is 12.0 Å². The number of nitrogens with zero attached hydrogens (tertiary/aromatic N) is 3. The van der Waals surface area contributed by atoms with Gasteiger partial charge in [0, 0.05) is 25.0 Å². The van der Waals surface area contributed by atoms with Gasteiger partial charge >= 0.3 is 0 Å². The number of hydrazone groups is 1. The lowest BCUT2D eigenvalue weighted by molar-refractivity contribution is 0.415. The van der Waals surface area contributed by atoms with E-state index >= 15 is 0 Å². The number of benzene rings is 2. The maximum Gasteiger partial charge on any atom is 0.191 e. The van der Waals surface area contributed by atoms with Gasteiger partial charge in [-0.25, -0.2) is 0 Å². The van der Waals surface area contributed by atoms with E-state index in [1.54, 1.807) is 13.3 Å². The fourth-order valence-electron chi connectivity index (χ4n) is 2.16. The van der Waals surface area contributed by atoms with E-state index in [1.165, 1.54) is 0 Å². The van der Waals surface area contributed by atoms with Crippen molar-refractivity contribution in [3.63, 3.8) is 0 Å². The summed E-state index contributed by atoms with van der Waals surface area (Å²) in [6.45, 7) is 0.705. The van der Waals surface area contributed by atoms with Crippen LogP contribution in [-0.4, -0.2) is 32.0 Å². The molecule has 134 valence electrons. The molecule has 2 N–H and O–H groups in total. The predicted octanol–water partition coefficient (Wildman–Crippen LogP) is 3.37. The Morgan fingerprint density at radius 2 is 1.92 bits per heavy atom. The summed E-state index contributed by atoms with van der Waals surface area (Å²) in [6.07, 6.45) is 2.20. The van der Waals surface area contributed by atoms with Gasteiger partial charge in [0.15, 0.2) is 5.11 Å². The van der Waals surface area contributed by atoms with Crippen LogP contribution < -0.4 is 20.4 Å². The molecule has 0 saturated heterocycles. The van der Waals surface area contributed by atoms with Gasteiger partial charge in [-0.1, -0.05) is 12.1 Å². The molecule has 0 aliphatic rings. The smallest absolute Gasteiger partial charge is 0.191 e. The van der Waals surface area contributed by atoms with Crippen LogP contribution in [0.5, 0.6) is 5.75 Å². The highest BCUT2D eigenvalue weighted by molar-refractivity contribution is 7.80. The van der Waals surface area contributed by atoms with Gasteiger partial charge in [-0.15, -0.1) is 0 Å². The second-order valence-corrected chi connectivity index (χ2v) is 5.88. The molecule has 0 fully saturated rings. The van der Waals surface area contributed by atoms with Crippen LogP contribution in [0.15, 0.2) is 53.6 Å². The highest BCUT2D eigenvalue weighted by atomic mass is 32.1. The molecule has 0 aliphatic heterocycles. The first-order valence-corrected chi connectivity index (χ1v) is 8.45. The van der Waals surface area contributed by atoms with E-state index in [2.05, 4.69) is 21.9 Å². The molecule has 0 unspecified atom stereocenters. The summed E-state index contributed by atoms with van der Waals surface area (Å²) in [5.74, 6) is 0.786. The topological polar surface area (TPSA) is 72.7 Å². The van der Waals surface area contributed by atoms with Gasteiger partial charge < -0.3 is 15.0 Å². The van der Waals surface area contributed by atoms with Crippen molar-refractivity contribution in [3.8, 4) is 11.8 Å². The first-order valence-electron chi connectivity index (χ1n) is 8.04. The lowest BCUT2D eigenvalue weighted by Crippen LogP contribution is -2.23. The van der Waals surface area contributed by atoms with Crippen LogP contribution in [0.2, 0.25) is 0 Å². The minimum atomic E-state index is 0.402. The molecule has 0 aliphatic carbocycles. The van der Waals surface area contributed by atoms with E-state index in [1.807, 2.05) is 60.5 Å². The van der Waals surface area contributed by atoms with Crippen molar-refractivity contribution in [1.82, 2.24) is 5.43 Å². The first kappa shape index (κ1) is 19.2. The molecular formula is C19H21N5OS. The van der Waals surface area contributed by atoms with Gasteiger partial charge in [0.1, 0.15) is 5.75 Å². The van der Waals surface area contributed by atoms with E-state index in [0.717, 1.165) is 22.7 Å². The Kier molecular flexibility index (Phi) is 7.40. The molecule has 26 heavy (non-hydrogen) atoms. The highest BCUT2D eigenvalue weighted by Crippen LogP contribution is 2.15. The third-order valence-corrected chi connectivity index (χ3v) is 3.81. The summed E-state index contributed by atoms with van der Waals surface area (Å²) in [7, 11) is 3.59. The zero-order valence-electron chi connectivity index (χ0n) is 14.8. The zero-order chi connectivity index (χ0) is 18.8. The number of hydrogen-bond acceptors (Lipinski definition) is 5. The summed E-state index contributed by atoms with van der Waals surface area (Å²) in [6, 6.07) is 17.5. The van der Waals surface area contributed by atoms with Crippen molar-refractivity contribution < 1.29 is 4.74 Å². The van der Waals surface area contributed by atoms with Crippen molar-refractivity contribution in [2.24, 2.45) is 5.10 Å². The maximum atomic E-state index is 8.64. The second kappa shape index (κ2) is 10.0. The van der Waals surface area contributed by atoms with Crippen molar-refractivity contribution in [2.75, 3.05) is 30.9 Å². The lowest BCUT2D eigenvalue weighted by Gasteiger charge is -2.17. The summed E-state index contributed by atoms with van der Waals surface area (Å²) in [5.41, 5.74) is 5.64. The summed E-state index contributed by atoms with van der Waals surface area (Å²) in [4.78, 5) is 2.04. The minimum Gasteiger partial charge on any atom is -0.497 e. The average Bonchev–Trinajstić information content (AvgIpc) is 2.67. The van der Waals surface area contributed by atoms with Crippen LogP contribution in [0.4, 0.5) is 11.4 Å². The van der Waals surface area contributed by atoms with E-state index in [9.17, 15) is 0 Å². The van der Waals surface area contributed by atoms with E-state index in [-0.39, 0.29) is 0 Å². The summed E-state index contributed by atoms with van der Waals surface area (Å²) in [5, 5.41) is 16.2. The molecule has 2 rings (SSSR count). The Morgan fingerprint density at radius 3 is 2.54 bits per heavy atom. The third kappa shape index (κ3) is 6.07. The molecule has 0 bridgehead atoms. The van der Waals surface area contributed by atoms with Crippen molar-refractivity contribution in [1.29, 1.82) is 5.26 Å². The van der Waals surface area contributed by atoms with Gasteiger partial charge in [0.25, 0.3) is 0 Å². The molecule has 0 amide bonds. The largest absolute Gasteiger partial charge is 0.497 e. The Bertz CT molecular complexity index is 781. The molecule has 2 aromatic rings. The Labute approximate surface area is 159 Å². The molecule has 7 heteroatoms. The van der Waals surface area contributed by atoms with Gasteiger partial charge in [0.2, 0.25) is 0 Å². The fourth-order valence-corrected chi connectivity index (χ4v) is 2.33. The standard InChI is InChI=1S/C19H21N5OS/c1-24(13-3-12-20)17-8-4-15(5-9-17)14-21-23-19(26)22-16-6-10-18(25-2)11-7-16/h4-11,14H,3,13H2,1-2H3,(H2,22,23,26). The number of nitrogens with one attached hydrogen (secondary N) is 2. The Balaban J connectivity index is 1.83. The van der Waals surface area contributed by atoms with Crippen LogP contribution >= 0.6 is 12.2 Å². The van der Waals surface area contributed by atoms with Crippen LogP contribution in [0.25, 0.3) is 0 Å². The molecule has 0 aromatic heterocycles. The molecule has 0 saturated carbocycles. The number of ether oxygens (including phenoxy) is 1. The number of anilines is 2. The van der Waals surface area contributed by atoms with Crippen molar-refractivity contribution in [3.05, 3.63) is 54.1 Å². The average molecular weight is 367 g/mol. The summed E-state index contributed by atoms with van der Waals surface area (Å²) >= 11 is 5.21. The van der Waals surface area contributed by atoms with Crippen LogP contribution in [0, 0.1) is 11.3 Å². The Morgan fingerprint density at radius 1 is 1.23 bits per heavy atom. The molecule has 2 aromatic carbocycles. The maximum absolute atomic E-state index is 8.64. The summed E-state index contributed by atoms with van der Waals surface area (Å²) < 4.78 is 5.11. The predicted molar refractivity (Wildman–Crippen MR) is 110 cm³/mol. The molecule has 0 spiro atoms. The SMILES string of the molecule is COc1ccc(NC(=S)NN=Cc2ccc(N(C)CCC#N)cc2)cc1. The van der Waals surface area contributed by atoms with Crippen LogP contribution in [0.3, 0.4) is 0 Å². The molecule has 0 heterocycles. The zero-order valence-corrected chi connectivity index (χ0v) is 15.6. The van der Waals surface area contributed by atoms with E-state index in [4.69, 9.17) is 22.2 Å². The molecule has 0 radical (unpaired) electrons. The van der Waals surface area contributed by atoms with E-state index < -0.39 is 0 Å². The second-order valence-electron chi connectivity index (χ2n) is 5.47. The lowest BCUT2D eigenvalue weighted by atomic mass is 10.2. The number of nitriles is 1. The number of thiocarbonyl (C=S) groups is 1. The first-order chi connectivity index (χ1) is 12.6. The number of rotatable bonds is 7. The molecule has 0 atom stereocenters. The van der Waals surface area contributed by atoms with Gasteiger partial charge in [-0.05, 0) is 54.2 Å². The number of methoxy groups -OCH3 is 1. The van der Waals surface area contributed by atoms with Gasteiger partial charge in [-0.2, -0.15) is 10.4 Å². The Hall–Kier alpha value is -3.11. The van der Waals surface area contributed by atoms with Crippen molar-refractivity contribution in [2.45, 2.75) is 6.42 Å². The third-order valence-electron chi connectivity index (χ3n) is 3.62. The quantitative estimate of drug-likeness (QED) is 0.444. The van der Waals surface area contributed by atoms with Crippen LogP contribution in [-0.2, 0) is 0 Å². The minimum absolute atomic E-state index is 0.402. The van der Waals surface area contributed by atoms with Gasteiger partial charge in [-0.3, -0.25) is 5.43 Å². The molecular weight excluding hydrogens is 346 g/mol. The normalized spacial score (nSPS) is 10.2. The highest BCUT2D eigenvalue weighted by Gasteiger charge is 2.00. The van der Waals surface area contributed by atoms with E-state index in [0.29, 0.717) is 18.1 Å². The fraction of sp³-hybridized carbons (Fsp3) is 0.211. The van der Waals surface area contributed by atoms with Crippen molar-refractivity contribution >= 4 is 34.9 Å². The monoisotopic (exact) mass is 367 g/mol. The molecule has 6 nitrogen and oxygen atoms in total. The number of hydrogen-bond donors (Lipinski definition) is 2. The van der Waals surface area contributed by atoms with Gasteiger partial charge in [0.05, 0.1) is 25.8 Å².